The van der Waals surface area contributed by atoms with E-state index in [2.05, 4.69) is 16.1 Å². The monoisotopic (exact) mass is 218 g/mol. The molecule has 0 bridgehead atoms. The third-order valence-corrected chi connectivity index (χ3v) is 2.90. The molecule has 5 heteroatoms. The minimum absolute atomic E-state index is 0.611. The van der Waals surface area contributed by atoms with Crippen LogP contribution in [0, 0.1) is 0 Å². The minimum atomic E-state index is 0.611. The van der Waals surface area contributed by atoms with Crippen molar-refractivity contribution >= 4 is 5.52 Å². The summed E-state index contributed by atoms with van der Waals surface area (Å²) in [6.07, 6.45) is 3.43. The van der Waals surface area contributed by atoms with Crippen molar-refractivity contribution in [3.63, 3.8) is 0 Å². The number of rotatable bonds is 2. The van der Waals surface area contributed by atoms with E-state index in [0.29, 0.717) is 13.2 Å². The van der Waals surface area contributed by atoms with Crippen LogP contribution >= 0.6 is 0 Å². The summed E-state index contributed by atoms with van der Waals surface area (Å²) in [6.45, 7) is 2.03. The van der Waals surface area contributed by atoms with Gasteiger partial charge in [-0.25, -0.2) is 9.50 Å². The number of hydrogen-bond donors (Lipinski definition) is 1. The summed E-state index contributed by atoms with van der Waals surface area (Å²) >= 11 is 0. The molecule has 0 amide bonds. The molecule has 0 saturated carbocycles. The average Bonchev–Trinajstić information content (AvgIpc) is 2.70. The number of nitrogens with zero attached hydrogens (tertiary/aromatic N) is 3. The van der Waals surface area contributed by atoms with E-state index in [1.807, 2.05) is 4.52 Å². The topological polar surface area (TPSA) is 65.4 Å². The van der Waals surface area contributed by atoms with E-state index in [4.69, 9.17) is 10.5 Å². The first-order valence-electron chi connectivity index (χ1n) is 5.51. The predicted molar refractivity (Wildman–Crippen MR) is 59.1 cm³/mol. The Morgan fingerprint density at radius 1 is 1.50 bits per heavy atom. The maximum Gasteiger partial charge on any atom is 0.118 e. The van der Waals surface area contributed by atoms with Gasteiger partial charge in [0, 0.05) is 18.4 Å². The van der Waals surface area contributed by atoms with Crippen molar-refractivity contribution in [1.82, 2.24) is 14.6 Å². The SMILES string of the molecule is NCCc1ncn2nc3c(cc12)COCC3. The number of hydrogen-bond acceptors (Lipinski definition) is 4. The van der Waals surface area contributed by atoms with E-state index >= 15 is 0 Å². The highest BCUT2D eigenvalue weighted by atomic mass is 16.5. The molecule has 1 aliphatic heterocycles. The molecule has 0 atom stereocenters. The second kappa shape index (κ2) is 3.84. The first kappa shape index (κ1) is 9.74. The number of aromatic nitrogens is 3. The van der Waals surface area contributed by atoms with Gasteiger partial charge in [0.1, 0.15) is 6.33 Å². The van der Waals surface area contributed by atoms with Crippen LogP contribution in [0.25, 0.3) is 5.52 Å². The van der Waals surface area contributed by atoms with Gasteiger partial charge in [-0.2, -0.15) is 5.10 Å². The number of ether oxygens (including phenoxy) is 1. The average molecular weight is 218 g/mol. The summed E-state index contributed by atoms with van der Waals surface area (Å²) in [4.78, 5) is 4.34. The summed E-state index contributed by atoms with van der Waals surface area (Å²) in [5.41, 5.74) is 9.92. The molecule has 0 fully saturated rings. The molecule has 16 heavy (non-hydrogen) atoms. The highest BCUT2D eigenvalue weighted by Crippen LogP contribution is 2.18. The van der Waals surface area contributed by atoms with Crippen molar-refractivity contribution in [2.45, 2.75) is 19.4 Å². The maximum absolute atomic E-state index is 5.55. The largest absolute Gasteiger partial charge is 0.376 e. The molecule has 0 saturated heterocycles. The Kier molecular flexibility index (Phi) is 2.34. The van der Waals surface area contributed by atoms with Crippen molar-refractivity contribution in [3.8, 4) is 0 Å². The molecule has 84 valence electrons. The quantitative estimate of drug-likeness (QED) is 0.787. The van der Waals surface area contributed by atoms with E-state index in [9.17, 15) is 0 Å². The molecule has 3 rings (SSSR count). The second-order valence-corrected chi connectivity index (χ2v) is 3.98. The molecule has 2 N–H and O–H groups in total. The summed E-state index contributed by atoms with van der Waals surface area (Å²) < 4.78 is 7.27. The Balaban J connectivity index is 2.14. The number of fused-ring (bicyclic) bond motifs is 2. The van der Waals surface area contributed by atoms with Gasteiger partial charge in [0.25, 0.3) is 0 Å². The fourth-order valence-electron chi connectivity index (χ4n) is 2.07. The first-order chi connectivity index (χ1) is 7.88. The van der Waals surface area contributed by atoms with Crippen LogP contribution in [0.5, 0.6) is 0 Å². The zero-order valence-corrected chi connectivity index (χ0v) is 9.02. The lowest BCUT2D eigenvalue weighted by Crippen LogP contribution is -2.14. The Morgan fingerprint density at radius 3 is 3.31 bits per heavy atom. The normalized spacial score (nSPS) is 15.3. The van der Waals surface area contributed by atoms with Crippen molar-refractivity contribution in [2.75, 3.05) is 13.2 Å². The third kappa shape index (κ3) is 1.48. The summed E-state index contributed by atoms with van der Waals surface area (Å²) in [6, 6.07) is 2.12. The standard InChI is InChI=1S/C11H14N4O/c12-3-1-10-11-5-8-6-16-4-2-9(8)14-15(11)7-13-10/h5,7H,1-4,6,12H2. The molecule has 2 aromatic rings. The Labute approximate surface area is 93.2 Å². The van der Waals surface area contributed by atoms with Crippen LogP contribution in [0.3, 0.4) is 0 Å². The van der Waals surface area contributed by atoms with E-state index in [0.717, 1.165) is 36.4 Å². The molecule has 0 radical (unpaired) electrons. The smallest absolute Gasteiger partial charge is 0.118 e. The molecular formula is C11H14N4O. The lowest BCUT2D eigenvalue weighted by atomic mass is 10.1. The fourth-order valence-corrected chi connectivity index (χ4v) is 2.07. The van der Waals surface area contributed by atoms with Crippen LogP contribution in [0.15, 0.2) is 12.4 Å². The van der Waals surface area contributed by atoms with E-state index in [1.54, 1.807) is 6.33 Å². The van der Waals surface area contributed by atoms with Gasteiger partial charge in [-0.3, -0.25) is 0 Å². The molecule has 0 aliphatic carbocycles. The number of nitrogens with two attached hydrogens (primary N) is 1. The van der Waals surface area contributed by atoms with Gasteiger partial charge < -0.3 is 10.5 Å². The van der Waals surface area contributed by atoms with Crippen molar-refractivity contribution in [3.05, 3.63) is 29.3 Å². The highest BCUT2D eigenvalue weighted by Gasteiger charge is 2.14. The van der Waals surface area contributed by atoms with Crippen LogP contribution < -0.4 is 5.73 Å². The van der Waals surface area contributed by atoms with Gasteiger partial charge in [0.15, 0.2) is 0 Å². The van der Waals surface area contributed by atoms with Crippen molar-refractivity contribution in [2.24, 2.45) is 5.73 Å². The Bertz CT molecular complexity index is 520. The van der Waals surface area contributed by atoms with Gasteiger partial charge in [-0.05, 0) is 12.6 Å². The van der Waals surface area contributed by atoms with Crippen LogP contribution in [0.4, 0.5) is 0 Å². The Hall–Kier alpha value is -1.46. The van der Waals surface area contributed by atoms with Gasteiger partial charge in [-0.15, -0.1) is 0 Å². The zero-order chi connectivity index (χ0) is 11.0. The summed E-state index contributed by atoms with van der Waals surface area (Å²) in [5.74, 6) is 0. The van der Waals surface area contributed by atoms with Crippen LogP contribution in [-0.2, 0) is 24.2 Å². The predicted octanol–water partition coefficient (Wildman–Crippen LogP) is 0.303. The molecule has 5 nitrogen and oxygen atoms in total. The lowest BCUT2D eigenvalue weighted by Gasteiger charge is -2.15. The molecule has 2 aromatic heterocycles. The zero-order valence-electron chi connectivity index (χ0n) is 9.02. The molecule has 0 spiro atoms. The van der Waals surface area contributed by atoms with Crippen molar-refractivity contribution < 1.29 is 4.74 Å². The lowest BCUT2D eigenvalue weighted by molar-refractivity contribution is 0.108. The highest BCUT2D eigenvalue weighted by molar-refractivity contribution is 5.53. The molecular weight excluding hydrogens is 204 g/mol. The minimum Gasteiger partial charge on any atom is -0.376 e. The summed E-state index contributed by atoms with van der Waals surface area (Å²) in [7, 11) is 0. The molecule has 0 unspecified atom stereocenters. The number of imidazole rings is 1. The first-order valence-corrected chi connectivity index (χ1v) is 5.51. The van der Waals surface area contributed by atoms with Crippen LogP contribution in [0.1, 0.15) is 17.0 Å². The van der Waals surface area contributed by atoms with Gasteiger partial charge in [0.2, 0.25) is 0 Å². The van der Waals surface area contributed by atoms with E-state index < -0.39 is 0 Å². The van der Waals surface area contributed by atoms with Crippen LogP contribution in [0.2, 0.25) is 0 Å². The molecule has 3 heterocycles. The van der Waals surface area contributed by atoms with E-state index in [1.165, 1.54) is 5.56 Å². The maximum atomic E-state index is 5.55. The fraction of sp³-hybridized carbons (Fsp3) is 0.455. The third-order valence-electron chi connectivity index (χ3n) is 2.90. The Morgan fingerprint density at radius 2 is 2.44 bits per heavy atom. The van der Waals surface area contributed by atoms with Gasteiger partial charge in [-0.1, -0.05) is 0 Å². The van der Waals surface area contributed by atoms with Crippen LogP contribution in [-0.4, -0.2) is 27.7 Å². The molecule has 0 aromatic carbocycles. The van der Waals surface area contributed by atoms with Crippen molar-refractivity contribution in [1.29, 1.82) is 0 Å². The van der Waals surface area contributed by atoms with Gasteiger partial charge in [0.05, 0.1) is 30.1 Å². The van der Waals surface area contributed by atoms with Gasteiger partial charge >= 0.3 is 0 Å². The van der Waals surface area contributed by atoms with E-state index in [-0.39, 0.29) is 0 Å². The summed E-state index contributed by atoms with van der Waals surface area (Å²) in [5, 5.41) is 4.55. The molecule has 1 aliphatic rings. The second-order valence-electron chi connectivity index (χ2n) is 3.98.